The Bertz CT molecular complexity index is 1570. The Morgan fingerprint density at radius 3 is 2.13 bits per heavy atom. The molecule has 312 valence electrons. The molecule has 1 saturated carbocycles. The van der Waals surface area contributed by atoms with Crippen LogP contribution in [-0.4, -0.2) is 111 Å². The first kappa shape index (κ1) is 46.0. The van der Waals surface area contributed by atoms with E-state index in [2.05, 4.69) is 21.3 Å². The number of urea groups is 1. The summed E-state index contributed by atoms with van der Waals surface area (Å²) in [5.74, 6) is -2.43. The number of hydrogen-bond acceptors (Lipinski definition) is 7. The monoisotopic (exact) mass is 798 g/mol. The highest BCUT2D eigenvalue weighted by Crippen LogP contribution is 2.34. The van der Waals surface area contributed by atoms with Crippen LogP contribution in [-0.2, 0) is 35.8 Å². The van der Waals surface area contributed by atoms with Crippen LogP contribution in [0.15, 0.2) is 30.3 Å². The summed E-state index contributed by atoms with van der Waals surface area (Å²) in [6.07, 6.45) is -0.543. The number of nitrogens with one attached hydrogen (secondary N) is 4. The van der Waals surface area contributed by atoms with Gasteiger partial charge in [0.05, 0.1) is 25.0 Å². The van der Waals surface area contributed by atoms with Crippen molar-refractivity contribution >= 4 is 33.8 Å². The third kappa shape index (κ3) is 13.4. The van der Waals surface area contributed by atoms with Crippen molar-refractivity contribution in [1.82, 2.24) is 30.5 Å². The summed E-state index contributed by atoms with van der Waals surface area (Å²) in [6, 6.07) is 4.04. The van der Waals surface area contributed by atoms with E-state index in [9.17, 15) is 36.4 Å². The number of hydrogen-bond donors (Lipinski definition) is 4. The highest BCUT2D eigenvalue weighted by molar-refractivity contribution is 7.88. The molecule has 3 rings (SSSR count). The largest absolute Gasteiger partial charge is 0.371 e. The second-order valence-corrected chi connectivity index (χ2v) is 19.7. The van der Waals surface area contributed by atoms with Crippen molar-refractivity contribution in [1.29, 1.82) is 0 Å². The van der Waals surface area contributed by atoms with Gasteiger partial charge in [0.1, 0.15) is 18.1 Å². The van der Waals surface area contributed by atoms with Crippen molar-refractivity contribution in [3.05, 3.63) is 35.9 Å². The molecule has 1 aromatic rings. The highest BCUT2D eigenvalue weighted by Gasteiger charge is 2.48. The number of carbonyl (C=O) groups is 4. The van der Waals surface area contributed by atoms with Gasteiger partial charge in [-0.1, -0.05) is 85.7 Å². The first-order valence-corrected chi connectivity index (χ1v) is 21.1. The van der Waals surface area contributed by atoms with E-state index >= 15 is 0 Å². The molecule has 1 heterocycles. The molecule has 0 spiro atoms. The van der Waals surface area contributed by atoms with Crippen LogP contribution in [0.1, 0.15) is 93.1 Å². The highest BCUT2D eigenvalue weighted by atomic mass is 32.2. The molecule has 0 bridgehead atoms. The van der Waals surface area contributed by atoms with Crippen LogP contribution in [0.25, 0.3) is 0 Å². The number of ether oxygens (including phenoxy) is 1. The lowest BCUT2D eigenvalue weighted by atomic mass is 9.84. The van der Waals surface area contributed by atoms with E-state index in [0.717, 1.165) is 22.5 Å². The summed E-state index contributed by atoms with van der Waals surface area (Å²) in [6.45, 7) is 15.2. The van der Waals surface area contributed by atoms with Gasteiger partial charge in [0.2, 0.25) is 34.2 Å². The molecule has 4 N–H and O–H groups in total. The minimum Gasteiger partial charge on any atom is -0.371 e. The normalized spacial score (nSPS) is 22.4. The molecule has 5 amide bonds. The maximum absolute atomic E-state index is 14.4. The topological polar surface area (TPSA) is 166 Å². The van der Waals surface area contributed by atoms with Crippen LogP contribution in [0.2, 0.25) is 0 Å². The number of nitrogens with zero attached hydrogens (tertiary/aromatic N) is 2. The Kier molecular flexibility index (Phi) is 16.0. The third-order valence-electron chi connectivity index (χ3n) is 10.7. The fourth-order valence-electron chi connectivity index (χ4n) is 7.19. The predicted octanol–water partition coefficient (Wildman–Crippen LogP) is 4.27. The predicted molar refractivity (Wildman–Crippen MR) is 207 cm³/mol. The zero-order valence-electron chi connectivity index (χ0n) is 34.2. The standard InChI is InChI=1S/C39H64F2N6O7S/c1-24(2)26-19-20-47(36(50)33(39(6,7)8)45-37(51)44-30(38(3,4)5)22-46(9)55(10,52)53)32(26)35(49)43-28(21-31(40)41)34(48)42-27-17-14-18-29(27)54-23-25-15-12-11-13-16-25/h11-13,15-16,24,26-33H,14,17-23H2,1-10H3,(H,42,48)(H,43,49)(H2,44,45,51)/t26?,27-,28+,29-,30-,32+,33-/m1/s1. The van der Waals surface area contributed by atoms with Gasteiger partial charge in [0.25, 0.3) is 0 Å². The van der Waals surface area contributed by atoms with Crippen molar-refractivity contribution in [3.63, 3.8) is 0 Å². The molecule has 1 unspecified atom stereocenters. The van der Waals surface area contributed by atoms with E-state index in [4.69, 9.17) is 4.74 Å². The van der Waals surface area contributed by atoms with Crippen LogP contribution in [0.5, 0.6) is 0 Å². The number of alkyl halides is 2. The summed E-state index contributed by atoms with van der Waals surface area (Å²) in [5.41, 5.74) is -0.437. The van der Waals surface area contributed by atoms with Crippen molar-refractivity contribution in [2.24, 2.45) is 22.7 Å². The zero-order valence-corrected chi connectivity index (χ0v) is 35.0. The number of amides is 5. The summed E-state index contributed by atoms with van der Waals surface area (Å²) >= 11 is 0. The van der Waals surface area contributed by atoms with Gasteiger partial charge in [-0.2, -0.15) is 0 Å². The van der Waals surface area contributed by atoms with Gasteiger partial charge < -0.3 is 30.9 Å². The van der Waals surface area contributed by atoms with E-state index in [1.54, 1.807) is 20.8 Å². The third-order valence-corrected chi connectivity index (χ3v) is 12.0. The van der Waals surface area contributed by atoms with Crippen molar-refractivity contribution in [2.75, 3.05) is 26.4 Å². The molecule has 0 aromatic heterocycles. The summed E-state index contributed by atoms with van der Waals surface area (Å²) in [7, 11) is -2.12. The first-order valence-electron chi connectivity index (χ1n) is 19.2. The smallest absolute Gasteiger partial charge is 0.315 e. The molecule has 7 atom stereocenters. The van der Waals surface area contributed by atoms with E-state index in [0.29, 0.717) is 25.9 Å². The summed E-state index contributed by atoms with van der Waals surface area (Å²) in [5, 5.41) is 11.1. The van der Waals surface area contributed by atoms with Gasteiger partial charge in [-0.3, -0.25) is 14.4 Å². The molecular formula is C39H64F2N6O7S. The molecule has 2 aliphatic rings. The first-order chi connectivity index (χ1) is 25.4. The van der Waals surface area contributed by atoms with Crippen molar-refractivity contribution in [3.8, 4) is 0 Å². The summed E-state index contributed by atoms with van der Waals surface area (Å²) in [4.78, 5) is 57.1. The Labute approximate surface area is 326 Å². The Morgan fingerprint density at radius 1 is 0.945 bits per heavy atom. The molecule has 0 radical (unpaired) electrons. The molecular weight excluding hydrogens is 735 g/mol. The van der Waals surface area contributed by atoms with E-state index < -0.39 is 87.7 Å². The zero-order chi connectivity index (χ0) is 41.5. The van der Waals surface area contributed by atoms with E-state index in [-0.39, 0.29) is 31.0 Å². The lowest BCUT2D eigenvalue weighted by molar-refractivity contribution is -0.144. The molecule has 1 aliphatic carbocycles. The minimum atomic E-state index is -3.54. The fourth-order valence-corrected chi connectivity index (χ4v) is 7.61. The van der Waals surface area contributed by atoms with Gasteiger partial charge in [0.15, 0.2) is 0 Å². The van der Waals surface area contributed by atoms with Crippen LogP contribution < -0.4 is 21.3 Å². The number of sulfonamides is 1. The molecule has 2 fully saturated rings. The van der Waals surface area contributed by atoms with Crippen LogP contribution in [0.3, 0.4) is 0 Å². The number of carbonyl (C=O) groups excluding carboxylic acids is 4. The summed E-state index contributed by atoms with van der Waals surface area (Å²) < 4.78 is 59.4. The average molecular weight is 799 g/mol. The van der Waals surface area contributed by atoms with Crippen molar-refractivity contribution < 1.29 is 41.1 Å². The quantitative estimate of drug-likeness (QED) is 0.194. The van der Waals surface area contributed by atoms with Crippen molar-refractivity contribution in [2.45, 2.75) is 137 Å². The lowest BCUT2D eigenvalue weighted by Crippen LogP contribution is -2.62. The van der Waals surface area contributed by atoms with Crippen LogP contribution in [0, 0.1) is 22.7 Å². The molecule has 1 saturated heterocycles. The molecule has 55 heavy (non-hydrogen) atoms. The Hall–Kier alpha value is -3.37. The Morgan fingerprint density at radius 2 is 1.58 bits per heavy atom. The number of benzene rings is 1. The van der Waals surface area contributed by atoms with Gasteiger partial charge in [-0.25, -0.2) is 26.3 Å². The van der Waals surface area contributed by atoms with Crippen LogP contribution >= 0.6 is 0 Å². The van der Waals surface area contributed by atoms with E-state index in [1.807, 2.05) is 65.0 Å². The number of rotatable bonds is 16. The average Bonchev–Trinajstić information content (AvgIpc) is 3.71. The maximum Gasteiger partial charge on any atom is 0.315 e. The second-order valence-electron chi connectivity index (χ2n) is 17.6. The number of halogens is 2. The lowest BCUT2D eigenvalue weighted by Gasteiger charge is -2.38. The second kappa shape index (κ2) is 19.2. The number of likely N-dealkylation sites (tertiary alicyclic amines) is 1. The van der Waals surface area contributed by atoms with Gasteiger partial charge in [0, 0.05) is 32.6 Å². The maximum atomic E-state index is 14.4. The molecule has 13 nitrogen and oxygen atoms in total. The van der Waals surface area contributed by atoms with Crippen LogP contribution in [0.4, 0.5) is 13.6 Å². The molecule has 1 aliphatic heterocycles. The fraction of sp³-hybridized carbons (Fsp3) is 0.744. The minimum absolute atomic E-state index is 0.0101. The molecule has 1 aromatic carbocycles. The van der Waals surface area contributed by atoms with E-state index in [1.165, 1.54) is 11.9 Å². The van der Waals surface area contributed by atoms with Gasteiger partial charge >= 0.3 is 6.03 Å². The Balaban J connectivity index is 1.80. The SMILES string of the molecule is CC(C)C1CCN(C(=O)[C@@H](NC(=O)N[C@H](CN(C)S(C)(=O)=O)C(C)(C)C)C(C)(C)C)[C@@H]1C(=O)N[C@@H](CC(F)F)C(=O)N[C@@H]1CCC[C@H]1OCc1ccccc1. The molecule has 16 heteroatoms. The van der Waals surface area contributed by atoms with Gasteiger partial charge in [-0.15, -0.1) is 0 Å². The van der Waals surface area contributed by atoms with Gasteiger partial charge in [-0.05, 0) is 53.9 Å². The number of likely N-dealkylation sites (N-methyl/N-ethyl adjacent to an activating group) is 1.